The van der Waals surface area contributed by atoms with E-state index in [1.54, 1.807) is 13.8 Å². The molecule has 18 heteroatoms. The summed E-state index contributed by atoms with van der Waals surface area (Å²) in [6, 6.07) is 28.8. The van der Waals surface area contributed by atoms with Crippen LogP contribution < -0.4 is 10.6 Å². The smallest absolute Gasteiger partial charge is 0.259 e. The third-order valence-electron chi connectivity index (χ3n) is 16.0. The second-order valence-corrected chi connectivity index (χ2v) is 20.4. The van der Waals surface area contributed by atoms with Crippen molar-refractivity contribution in [2.75, 3.05) is 0 Å². The molecular formula is C55H46N6O12. The van der Waals surface area contributed by atoms with Crippen LogP contribution in [0.1, 0.15) is 80.2 Å². The molecule has 7 heterocycles. The lowest BCUT2D eigenvalue weighted by Gasteiger charge is -2.39. The van der Waals surface area contributed by atoms with E-state index in [9.17, 15) is 49.8 Å². The van der Waals surface area contributed by atoms with Crippen LogP contribution in [0, 0.1) is 0 Å². The Bertz CT molecular complexity index is 4130. The number of amides is 4. The standard InChI is InChI=1S/C29H25N3O6.C26H21N3O6/c1-29(2)37-17-11-16(24(33)25(34)26(17)38-29)32-15-10-6-4-8-13(15)19-21-20(27(35)31-28(21)36)18-12-7-3-5-9-14(12)30-22(18)23(19)32;30-15-9-14(22(31)24(33)23(15)32)29-13-8-4-2-6-11(13)17-19-18(25(34)28-26(19)35)16-10-5-1-3-7-12(10)27-20(16)21(17)29/h3-10,16-17,24-26,30,33-34H,11H2,1-2H3,(H,31,35,36);1-8,14-15,22-24,27,30-33H,9H2,(H,28,34,35)/t16-,17+,24+,25+,26+;14-,15+,22+,23+,24+/m00/s1. The molecule has 18 nitrogen and oxygen atoms in total. The fourth-order valence-corrected chi connectivity index (χ4v) is 13.1. The number of carbonyl (C=O) groups is 4. The van der Waals surface area contributed by atoms with Gasteiger partial charge in [-0.25, -0.2) is 0 Å². The number of imide groups is 2. The van der Waals surface area contributed by atoms with E-state index in [0.717, 1.165) is 32.7 Å². The summed E-state index contributed by atoms with van der Waals surface area (Å²) < 4.78 is 15.9. The first kappa shape index (κ1) is 44.2. The summed E-state index contributed by atoms with van der Waals surface area (Å²) in [5, 5.41) is 75.3. The molecule has 0 bridgehead atoms. The van der Waals surface area contributed by atoms with Crippen molar-refractivity contribution in [1.82, 2.24) is 29.7 Å². The molecule has 0 spiro atoms. The predicted octanol–water partition coefficient (Wildman–Crippen LogP) is 5.20. The molecule has 15 rings (SSSR count). The number of aromatic nitrogens is 4. The highest BCUT2D eigenvalue weighted by Crippen LogP contribution is 2.50. The summed E-state index contributed by atoms with van der Waals surface area (Å²) in [5.74, 6) is -2.71. The molecule has 1 saturated heterocycles. The van der Waals surface area contributed by atoms with Crippen molar-refractivity contribution in [3.63, 3.8) is 0 Å². The van der Waals surface area contributed by atoms with E-state index < -0.39 is 90.3 Å². The van der Waals surface area contributed by atoms with Gasteiger partial charge in [-0.3, -0.25) is 29.8 Å². The fraction of sp³-hybridized carbons (Fsp3) is 0.273. The summed E-state index contributed by atoms with van der Waals surface area (Å²) in [5.41, 5.74) is 6.94. The number of nitrogens with one attached hydrogen (secondary N) is 4. The molecule has 10 atom stereocenters. The molecule has 73 heavy (non-hydrogen) atoms. The van der Waals surface area contributed by atoms with E-state index in [1.807, 2.05) is 106 Å². The Hall–Kier alpha value is -7.52. The van der Waals surface area contributed by atoms with E-state index in [-0.39, 0.29) is 12.0 Å². The number of H-pyrrole nitrogens is 2. The molecule has 10 aromatic rings. The summed E-state index contributed by atoms with van der Waals surface area (Å²) in [6.07, 6.45) is -8.70. The van der Waals surface area contributed by atoms with E-state index in [4.69, 9.17) is 9.47 Å². The molecule has 10 N–H and O–H groups in total. The SMILES string of the molecule is CC1(C)O[C@H]2[C@H](O)[C@H](O)[C@@H](n3c4ccccc4c4c5c(c6c7ccccc7[nH]c6c43)C(=O)NC5=O)C[C@H]2O1.O=C1NC(=O)c2c1c1c3ccccc3[nH]c1c1c2c2ccccc2n1[C@H]1C[C@@H](O)[C@@H](O)[C@H](O)[C@@H]1O. The maximum atomic E-state index is 13.3. The number of para-hydroxylation sites is 4. The second kappa shape index (κ2) is 15.3. The lowest BCUT2D eigenvalue weighted by atomic mass is 9.85. The fourth-order valence-electron chi connectivity index (χ4n) is 13.1. The first-order valence-corrected chi connectivity index (χ1v) is 24.3. The molecular weight excluding hydrogens is 937 g/mol. The molecule has 4 aromatic heterocycles. The van der Waals surface area contributed by atoms with Gasteiger partial charge in [-0.1, -0.05) is 72.8 Å². The average molecular weight is 983 g/mol. The van der Waals surface area contributed by atoms with Gasteiger partial charge in [0.2, 0.25) is 0 Å². The molecule has 3 fully saturated rings. The summed E-state index contributed by atoms with van der Waals surface area (Å²) in [4.78, 5) is 59.5. The number of hydrogen-bond donors (Lipinski definition) is 10. The lowest BCUT2D eigenvalue weighted by Crippen LogP contribution is -2.53. The van der Waals surface area contributed by atoms with Crippen LogP contribution in [0.4, 0.5) is 0 Å². The van der Waals surface area contributed by atoms with E-state index in [2.05, 4.69) is 20.6 Å². The van der Waals surface area contributed by atoms with Crippen LogP contribution in [0.3, 0.4) is 0 Å². The number of benzene rings is 6. The molecule has 3 aliphatic heterocycles. The number of aliphatic hydroxyl groups is 6. The summed E-state index contributed by atoms with van der Waals surface area (Å²) in [6.45, 7) is 3.60. The number of aliphatic hydroxyl groups excluding tert-OH is 6. The van der Waals surface area contributed by atoms with Crippen molar-refractivity contribution in [3.8, 4) is 0 Å². The van der Waals surface area contributed by atoms with Gasteiger partial charge in [0, 0.05) is 65.2 Å². The minimum absolute atomic E-state index is 0.0168. The quantitative estimate of drug-likeness (QED) is 0.100. The second-order valence-electron chi connectivity index (χ2n) is 20.4. The van der Waals surface area contributed by atoms with Crippen molar-refractivity contribution in [2.45, 2.75) is 93.4 Å². The molecule has 4 amide bonds. The van der Waals surface area contributed by atoms with Gasteiger partial charge in [0.15, 0.2) is 5.79 Å². The van der Waals surface area contributed by atoms with Crippen LogP contribution in [0.2, 0.25) is 0 Å². The Labute approximate surface area is 411 Å². The van der Waals surface area contributed by atoms with Gasteiger partial charge >= 0.3 is 0 Å². The molecule has 2 saturated carbocycles. The maximum absolute atomic E-state index is 13.3. The minimum atomic E-state index is -1.56. The zero-order chi connectivity index (χ0) is 50.3. The van der Waals surface area contributed by atoms with Crippen molar-refractivity contribution in [3.05, 3.63) is 119 Å². The Balaban J connectivity index is 0.000000136. The van der Waals surface area contributed by atoms with Gasteiger partial charge in [0.25, 0.3) is 23.6 Å². The van der Waals surface area contributed by atoms with Crippen LogP contribution in [-0.4, -0.2) is 128 Å². The molecule has 5 aliphatic rings. The van der Waals surface area contributed by atoms with Crippen LogP contribution >= 0.6 is 0 Å². The first-order chi connectivity index (χ1) is 35.1. The normalized spacial score (nSPS) is 27.7. The number of hydrogen-bond acceptors (Lipinski definition) is 12. The van der Waals surface area contributed by atoms with Gasteiger partial charge in [-0.15, -0.1) is 0 Å². The third-order valence-corrected chi connectivity index (χ3v) is 16.0. The zero-order valence-electron chi connectivity index (χ0n) is 39.0. The number of nitrogens with zero attached hydrogens (tertiary/aromatic N) is 2. The highest BCUT2D eigenvalue weighted by Gasteiger charge is 2.54. The highest BCUT2D eigenvalue weighted by molar-refractivity contribution is 6.41. The highest BCUT2D eigenvalue weighted by atomic mass is 16.8. The topological polar surface area (TPSA) is 274 Å². The van der Waals surface area contributed by atoms with Crippen molar-refractivity contribution < 1.29 is 59.3 Å². The average Bonchev–Trinajstić information content (AvgIpc) is 4.25. The summed E-state index contributed by atoms with van der Waals surface area (Å²) >= 11 is 0. The third kappa shape index (κ3) is 5.90. The molecule has 368 valence electrons. The van der Waals surface area contributed by atoms with Gasteiger partial charge in [0.05, 0.1) is 68.6 Å². The predicted molar refractivity (Wildman–Crippen MR) is 268 cm³/mol. The minimum Gasteiger partial charge on any atom is -0.390 e. The Morgan fingerprint density at radius 3 is 1.38 bits per heavy atom. The van der Waals surface area contributed by atoms with Crippen LogP contribution in [-0.2, 0) is 9.47 Å². The van der Waals surface area contributed by atoms with Gasteiger partial charge in [-0.2, -0.15) is 0 Å². The number of aromatic amines is 2. The van der Waals surface area contributed by atoms with Gasteiger partial charge in [-0.05, 0) is 51.0 Å². The molecule has 2 aliphatic carbocycles. The Kier molecular flexibility index (Phi) is 9.24. The Morgan fingerprint density at radius 2 is 0.890 bits per heavy atom. The number of carbonyl (C=O) groups excluding carboxylic acids is 4. The zero-order valence-corrected chi connectivity index (χ0v) is 39.0. The number of fused-ring (bicyclic) bond motifs is 21. The first-order valence-electron chi connectivity index (χ1n) is 24.3. The van der Waals surface area contributed by atoms with Crippen LogP contribution in [0.5, 0.6) is 0 Å². The van der Waals surface area contributed by atoms with Crippen LogP contribution in [0.25, 0.3) is 87.2 Å². The van der Waals surface area contributed by atoms with Crippen molar-refractivity contribution in [1.29, 1.82) is 0 Å². The van der Waals surface area contributed by atoms with E-state index in [1.165, 1.54) is 0 Å². The number of ether oxygens (including phenoxy) is 2. The van der Waals surface area contributed by atoms with E-state index >= 15 is 0 Å². The number of rotatable bonds is 2. The Morgan fingerprint density at radius 1 is 0.479 bits per heavy atom. The van der Waals surface area contributed by atoms with Crippen molar-refractivity contribution in [2.24, 2.45) is 0 Å². The van der Waals surface area contributed by atoms with Gasteiger partial charge in [0.1, 0.15) is 36.6 Å². The molecule has 0 unspecified atom stereocenters. The summed E-state index contributed by atoms with van der Waals surface area (Å²) in [7, 11) is 0. The van der Waals surface area contributed by atoms with Gasteiger partial charge < -0.3 is 59.2 Å². The molecule has 0 radical (unpaired) electrons. The largest absolute Gasteiger partial charge is 0.390 e. The molecule has 6 aromatic carbocycles. The lowest BCUT2D eigenvalue weighted by molar-refractivity contribution is -0.160. The monoisotopic (exact) mass is 982 g/mol. The van der Waals surface area contributed by atoms with Crippen LogP contribution in [0.15, 0.2) is 97.1 Å². The van der Waals surface area contributed by atoms with Crippen molar-refractivity contribution >= 4 is 111 Å². The van der Waals surface area contributed by atoms with E-state index in [0.29, 0.717) is 77.6 Å². The maximum Gasteiger partial charge on any atom is 0.259 e.